The minimum Gasteiger partial charge on any atom is -0.389 e. The van der Waals surface area contributed by atoms with E-state index in [1.54, 1.807) is 6.20 Å². The maximum Gasteiger partial charge on any atom is 0.228 e. The Kier molecular flexibility index (Phi) is 5.51. The molecule has 132 valence electrons. The van der Waals surface area contributed by atoms with Crippen LogP contribution in [0, 0.1) is 12.8 Å². The lowest BCUT2D eigenvalue weighted by atomic mass is 9.84. The third-order valence-corrected chi connectivity index (χ3v) is 5.42. The average Bonchev–Trinajstić information content (AvgIpc) is 2.58. The van der Waals surface area contributed by atoms with Gasteiger partial charge < -0.3 is 15.3 Å². The summed E-state index contributed by atoms with van der Waals surface area (Å²) in [6.45, 7) is 4.53. The highest BCUT2D eigenvalue weighted by Gasteiger charge is 2.33. The second-order valence-electron chi connectivity index (χ2n) is 7.55. The number of likely N-dealkylation sites (tertiary alicyclic amines) is 1. The van der Waals surface area contributed by atoms with Gasteiger partial charge in [-0.1, -0.05) is 25.3 Å². The van der Waals surface area contributed by atoms with Crippen molar-refractivity contribution in [3.63, 3.8) is 0 Å². The molecule has 0 spiro atoms. The average molecular weight is 331 g/mol. The first kappa shape index (κ1) is 17.4. The number of aromatic nitrogens is 1. The van der Waals surface area contributed by atoms with E-state index in [9.17, 15) is 9.90 Å². The van der Waals surface area contributed by atoms with Crippen LogP contribution >= 0.6 is 0 Å². The Balaban J connectivity index is 1.46. The van der Waals surface area contributed by atoms with Gasteiger partial charge in [-0.25, -0.2) is 4.98 Å². The predicted octanol–water partition coefficient (Wildman–Crippen LogP) is 2.74. The lowest BCUT2D eigenvalue weighted by molar-refractivity contribution is -0.121. The van der Waals surface area contributed by atoms with Gasteiger partial charge in [0, 0.05) is 18.7 Å². The van der Waals surface area contributed by atoms with Crippen LogP contribution in [-0.2, 0) is 4.79 Å². The first-order valence-electron chi connectivity index (χ1n) is 9.22. The molecule has 2 fully saturated rings. The lowest BCUT2D eigenvalue weighted by Gasteiger charge is -2.39. The van der Waals surface area contributed by atoms with Crippen LogP contribution in [0.3, 0.4) is 0 Å². The van der Waals surface area contributed by atoms with Crippen LogP contribution in [0.2, 0.25) is 0 Å². The third kappa shape index (κ3) is 4.54. The van der Waals surface area contributed by atoms with Crippen LogP contribution in [0.1, 0.15) is 50.5 Å². The molecule has 2 heterocycles. The standard InChI is InChI=1S/C19H29N3O2/c1-15-5-6-17(20-13-15)21-18(23)16-7-11-22(12-8-16)14-19(24)9-3-2-4-10-19/h5-6,13,16,24H,2-4,7-12,14H2,1H3,(H,20,21,23). The zero-order valence-electron chi connectivity index (χ0n) is 14.6. The fourth-order valence-corrected chi connectivity index (χ4v) is 3.91. The van der Waals surface area contributed by atoms with E-state index in [4.69, 9.17) is 0 Å². The van der Waals surface area contributed by atoms with Crippen molar-refractivity contribution in [2.45, 2.75) is 57.5 Å². The number of anilines is 1. The van der Waals surface area contributed by atoms with Crippen molar-refractivity contribution >= 4 is 11.7 Å². The lowest BCUT2D eigenvalue weighted by Crippen LogP contribution is -2.48. The summed E-state index contributed by atoms with van der Waals surface area (Å²) < 4.78 is 0. The number of hydrogen-bond donors (Lipinski definition) is 2. The van der Waals surface area contributed by atoms with E-state index in [2.05, 4.69) is 15.2 Å². The molecule has 3 rings (SSSR count). The molecule has 24 heavy (non-hydrogen) atoms. The fourth-order valence-electron chi connectivity index (χ4n) is 3.91. The normalized spacial score (nSPS) is 22.2. The van der Waals surface area contributed by atoms with Crippen molar-refractivity contribution in [1.29, 1.82) is 0 Å². The van der Waals surface area contributed by atoms with Gasteiger partial charge in [0.15, 0.2) is 0 Å². The Labute approximate surface area is 144 Å². The van der Waals surface area contributed by atoms with Gasteiger partial charge in [0.2, 0.25) is 5.91 Å². The highest BCUT2D eigenvalue weighted by Crippen LogP contribution is 2.30. The molecule has 2 N–H and O–H groups in total. The van der Waals surface area contributed by atoms with Crippen LogP contribution in [0.15, 0.2) is 18.3 Å². The summed E-state index contributed by atoms with van der Waals surface area (Å²) in [6, 6.07) is 3.80. The predicted molar refractivity (Wildman–Crippen MR) is 94.8 cm³/mol. The Hall–Kier alpha value is -1.46. The number of rotatable bonds is 4. The van der Waals surface area contributed by atoms with Gasteiger partial charge in [0.1, 0.15) is 5.82 Å². The summed E-state index contributed by atoms with van der Waals surface area (Å²) in [4.78, 5) is 19.0. The molecule has 0 bridgehead atoms. The molecule has 0 atom stereocenters. The van der Waals surface area contributed by atoms with Gasteiger partial charge in [-0.2, -0.15) is 0 Å². The van der Waals surface area contributed by atoms with Gasteiger partial charge in [0.05, 0.1) is 5.60 Å². The van der Waals surface area contributed by atoms with E-state index in [0.717, 1.165) is 63.7 Å². The van der Waals surface area contributed by atoms with Gasteiger partial charge in [0.25, 0.3) is 0 Å². The van der Waals surface area contributed by atoms with Gasteiger partial charge >= 0.3 is 0 Å². The second kappa shape index (κ2) is 7.62. The van der Waals surface area contributed by atoms with Crippen molar-refractivity contribution in [1.82, 2.24) is 9.88 Å². The highest BCUT2D eigenvalue weighted by atomic mass is 16.3. The fraction of sp³-hybridized carbons (Fsp3) is 0.684. The molecular formula is C19H29N3O2. The number of pyridine rings is 1. The molecule has 1 saturated carbocycles. The smallest absolute Gasteiger partial charge is 0.228 e. The van der Waals surface area contributed by atoms with E-state index in [1.807, 2.05) is 19.1 Å². The molecule has 0 unspecified atom stereocenters. The van der Waals surface area contributed by atoms with Crippen LogP contribution in [0.5, 0.6) is 0 Å². The first-order valence-corrected chi connectivity index (χ1v) is 9.22. The molecule has 0 aromatic carbocycles. The summed E-state index contributed by atoms with van der Waals surface area (Å²) >= 11 is 0. The Bertz CT molecular complexity index is 544. The summed E-state index contributed by atoms with van der Waals surface area (Å²) in [6.07, 6.45) is 8.85. The molecule has 1 saturated heterocycles. The molecule has 2 aliphatic rings. The van der Waals surface area contributed by atoms with Crippen LogP contribution in [-0.4, -0.2) is 46.1 Å². The number of amides is 1. The molecule has 5 heteroatoms. The zero-order valence-corrected chi connectivity index (χ0v) is 14.6. The van der Waals surface area contributed by atoms with E-state index in [1.165, 1.54) is 6.42 Å². The number of nitrogens with one attached hydrogen (secondary N) is 1. The molecule has 5 nitrogen and oxygen atoms in total. The molecular weight excluding hydrogens is 302 g/mol. The number of aryl methyl sites for hydroxylation is 1. The van der Waals surface area contributed by atoms with E-state index >= 15 is 0 Å². The summed E-state index contributed by atoms with van der Waals surface area (Å²) in [5, 5.41) is 13.6. The number of β-amino-alcohol motifs (C(OH)–C–C–N with tert-alkyl or cyclic N) is 1. The van der Waals surface area contributed by atoms with E-state index in [0.29, 0.717) is 5.82 Å². The Morgan fingerprint density at radius 3 is 2.62 bits per heavy atom. The maximum atomic E-state index is 12.4. The number of nitrogens with zero attached hydrogens (tertiary/aromatic N) is 2. The molecule has 1 aliphatic heterocycles. The van der Waals surface area contributed by atoms with Crippen LogP contribution in [0.25, 0.3) is 0 Å². The molecule has 0 radical (unpaired) electrons. The number of piperidine rings is 1. The van der Waals surface area contributed by atoms with Crippen LogP contribution < -0.4 is 5.32 Å². The van der Waals surface area contributed by atoms with E-state index in [-0.39, 0.29) is 11.8 Å². The summed E-state index contributed by atoms with van der Waals surface area (Å²) in [7, 11) is 0. The SMILES string of the molecule is Cc1ccc(NC(=O)C2CCN(CC3(O)CCCCC3)CC2)nc1. The quantitative estimate of drug-likeness (QED) is 0.890. The van der Waals surface area contributed by atoms with Crippen molar-refractivity contribution in [2.75, 3.05) is 25.0 Å². The molecule has 1 aromatic heterocycles. The maximum absolute atomic E-state index is 12.4. The second-order valence-corrected chi connectivity index (χ2v) is 7.55. The third-order valence-electron chi connectivity index (χ3n) is 5.42. The van der Waals surface area contributed by atoms with Crippen molar-refractivity contribution in [3.8, 4) is 0 Å². The number of carbonyl (C=O) groups excluding carboxylic acids is 1. The van der Waals surface area contributed by atoms with Crippen LogP contribution in [0.4, 0.5) is 5.82 Å². The zero-order chi connectivity index (χ0) is 17.0. The van der Waals surface area contributed by atoms with E-state index < -0.39 is 5.60 Å². The monoisotopic (exact) mass is 331 g/mol. The highest BCUT2D eigenvalue weighted by molar-refractivity contribution is 5.91. The van der Waals surface area contributed by atoms with Crippen molar-refractivity contribution in [3.05, 3.63) is 23.9 Å². The Morgan fingerprint density at radius 2 is 2.00 bits per heavy atom. The minimum absolute atomic E-state index is 0.0466. The molecule has 1 amide bonds. The first-order chi connectivity index (χ1) is 11.5. The van der Waals surface area contributed by atoms with Crippen molar-refractivity contribution in [2.24, 2.45) is 5.92 Å². The number of hydrogen-bond acceptors (Lipinski definition) is 4. The number of carbonyl (C=O) groups is 1. The molecule has 1 aliphatic carbocycles. The molecule has 1 aromatic rings. The Morgan fingerprint density at radius 1 is 1.29 bits per heavy atom. The number of aliphatic hydroxyl groups is 1. The van der Waals surface area contributed by atoms with Gasteiger partial charge in [-0.05, 0) is 57.3 Å². The van der Waals surface area contributed by atoms with Gasteiger partial charge in [-0.15, -0.1) is 0 Å². The summed E-state index contributed by atoms with van der Waals surface area (Å²) in [5.41, 5.74) is 0.584. The van der Waals surface area contributed by atoms with Crippen molar-refractivity contribution < 1.29 is 9.90 Å². The topological polar surface area (TPSA) is 65.5 Å². The largest absolute Gasteiger partial charge is 0.389 e. The van der Waals surface area contributed by atoms with Gasteiger partial charge in [-0.3, -0.25) is 4.79 Å². The summed E-state index contributed by atoms with van der Waals surface area (Å²) in [5.74, 6) is 0.747. The minimum atomic E-state index is -0.501.